The lowest BCUT2D eigenvalue weighted by atomic mass is 10.1. The molecule has 24 heavy (non-hydrogen) atoms. The predicted octanol–water partition coefficient (Wildman–Crippen LogP) is 3.53. The number of nitro benzene ring substituents is 1. The lowest BCUT2D eigenvalue weighted by Gasteiger charge is -2.07. The first-order valence-electron chi connectivity index (χ1n) is 6.93. The highest BCUT2D eigenvalue weighted by molar-refractivity contribution is 7.16. The van der Waals surface area contributed by atoms with E-state index in [9.17, 15) is 19.7 Å². The number of carbonyl (C=O) groups is 2. The lowest BCUT2D eigenvalue weighted by Crippen LogP contribution is -2.18. The van der Waals surface area contributed by atoms with Crippen LogP contribution in [0.15, 0.2) is 18.2 Å². The van der Waals surface area contributed by atoms with Gasteiger partial charge in [0.1, 0.15) is 10.6 Å². The smallest absolute Gasteiger partial charge is 0.282 e. The van der Waals surface area contributed by atoms with Crippen molar-refractivity contribution in [2.45, 2.75) is 20.3 Å². The summed E-state index contributed by atoms with van der Waals surface area (Å²) in [4.78, 5) is 35.4. The van der Waals surface area contributed by atoms with E-state index in [1.165, 1.54) is 23.5 Å². The molecule has 9 heteroatoms. The summed E-state index contributed by atoms with van der Waals surface area (Å²) in [7, 11) is 0. The van der Waals surface area contributed by atoms with Gasteiger partial charge < -0.3 is 11.1 Å². The van der Waals surface area contributed by atoms with Gasteiger partial charge in [0.15, 0.2) is 0 Å². The second-order valence-corrected chi connectivity index (χ2v) is 6.59. The van der Waals surface area contributed by atoms with Crippen LogP contribution in [0.4, 0.5) is 10.7 Å². The molecule has 126 valence electrons. The minimum absolute atomic E-state index is 0.188. The van der Waals surface area contributed by atoms with Gasteiger partial charge in [0, 0.05) is 16.0 Å². The van der Waals surface area contributed by atoms with Gasteiger partial charge in [-0.3, -0.25) is 19.7 Å². The summed E-state index contributed by atoms with van der Waals surface area (Å²) in [6.45, 7) is 3.68. The number of anilines is 1. The molecule has 3 N–H and O–H groups in total. The van der Waals surface area contributed by atoms with Crippen LogP contribution < -0.4 is 11.1 Å². The van der Waals surface area contributed by atoms with E-state index in [1.54, 1.807) is 0 Å². The number of thiophene rings is 1. The highest BCUT2D eigenvalue weighted by atomic mass is 35.5. The maximum Gasteiger partial charge on any atom is 0.282 e. The van der Waals surface area contributed by atoms with E-state index in [-0.39, 0.29) is 26.8 Å². The van der Waals surface area contributed by atoms with Crippen molar-refractivity contribution in [1.29, 1.82) is 0 Å². The maximum absolute atomic E-state index is 12.5. The van der Waals surface area contributed by atoms with Crippen LogP contribution in [0.3, 0.4) is 0 Å². The van der Waals surface area contributed by atoms with Gasteiger partial charge in [0.05, 0.1) is 10.5 Å². The first-order chi connectivity index (χ1) is 11.3. The second-order valence-electron chi connectivity index (χ2n) is 4.93. The minimum Gasteiger partial charge on any atom is -0.365 e. The van der Waals surface area contributed by atoms with Crippen LogP contribution in [0.25, 0.3) is 0 Å². The molecule has 1 aromatic carbocycles. The molecule has 1 aromatic heterocycles. The van der Waals surface area contributed by atoms with Crippen molar-refractivity contribution < 1.29 is 14.5 Å². The fraction of sp³-hybridized carbons (Fsp3) is 0.200. The fourth-order valence-electron chi connectivity index (χ4n) is 2.37. The number of amides is 2. The van der Waals surface area contributed by atoms with Gasteiger partial charge in [-0.05, 0) is 31.0 Å². The molecule has 0 aliphatic rings. The Morgan fingerprint density at radius 3 is 2.62 bits per heavy atom. The summed E-state index contributed by atoms with van der Waals surface area (Å²) in [6, 6.07) is 3.69. The van der Waals surface area contributed by atoms with Crippen molar-refractivity contribution in [3.63, 3.8) is 0 Å². The van der Waals surface area contributed by atoms with Crippen LogP contribution in [0.5, 0.6) is 0 Å². The number of nitrogens with one attached hydrogen (secondary N) is 1. The first-order valence-corrected chi connectivity index (χ1v) is 8.13. The third-order valence-electron chi connectivity index (χ3n) is 3.44. The van der Waals surface area contributed by atoms with E-state index in [0.29, 0.717) is 6.42 Å². The zero-order chi connectivity index (χ0) is 18.0. The molecule has 2 amide bonds. The number of nitrogens with two attached hydrogens (primary N) is 1. The Labute approximate surface area is 146 Å². The number of nitrogens with zero attached hydrogens (tertiary/aromatic N) is 1. The topological polar surface area (TPSA) is 115 Å². The molecular formula is C15H14ClN3O4S. The molecule has 1 heterocycles. The SMILES string of the molecule is CCc1c(C)sc(NC(=O)c2cc(Cl)ccc2[N+](=O)[O-])c1C(N)=O. The fourth-order valence-corrected chi connectivity index (χ4v) is 3.69. The van der Waals surface area contributed by atoms with Gasteiger partial charge >= 0.3 is 0 Å². The number of halogens is 1. The van der Waals surface area contributed by atoms with E-state index < -0.39 is 16.7 Å². The zero-order valence-corrected chi connectivity index (χ0v) is 14.5. The monoisotopic (exact) mass is 367 g/mol. The molecule has 0 unspecified atom stereocenters. The van der Waals surface area contributed by atoms with Crippen LogP contribution in [0, 0.1) is 17.0 Å². The van der Waals surface area contributed by atoms with Crippen molar-refractivity contribution in [3.05, 3.63) is 54.9 Å². The summed E-state index contributed by atoms with van der Waals surface area (Å²) in [5.41, 5.74) is 5.83. The van der Waals surface area contributed by atoms with Crippen LogP contribution >= 0.6 is 22.9 Å². The van der Waals surface area contributed by atoms with E-state index in [0.717, 1.165) is 16.5 Å². The van der Waals surface area contributed by atoms with Gasteiger partial charge in [-0.15, -0.1) is 11.3 Å². The van der Waals surface area contributed by atoms with Crippen LogP contribution in [-0.2, 0) is 6.42 Å². The molecular weight excluding hydrogens is 354 g/mol. The van der Waals surface area contributed by atoms with Gasteiger partial charge in [-0.1, -0.05) is 18.5 Å². The molecule has 0 aliphatic heterocycles. The molecule has 0 aliphatic carbocycles. The van der Waals surface area contributed by atoms with Crippen LogP contribution in [-0.4, -0.2) is 16.7 Å². The number of aryl methyl sites for hydroxylation is 1. The zero-order valence-electron chi connectivity index (χ0n) is 12.9. The highest BCUT2D eigenvalue weighted by Gasteiger charge is 2.25. The number of hydrogen-bond donors (Lipinski definition) is 2. The number of benzene rings is 1. The maximum atomic E-state index is 12.5. The summed E-state index contributed by atoms with van der Waals surface area (Å²) in [5, 5.41) is 14.1. The Morgan fingerprint density at radius 2 is 2.08 bits per heavy atom. The number of nitro groups is 1. The van der Waals surface area contributed by atoms with Crippen molar-refractivity contribution >= 4 is 45.4 Å². The molecule has 0 bridgehead atoms. The summed E-state index contributed by atoms with van der Waals surface area (Å²) >= 11 is 7.03. The predicted molar refractivity (Wildman–Crippen MR) is 93.0 cm³/mol. The van der Waals surface area contributed by atoms with Gasteiger partial charge in [0.25, 0.3) is 17.5 Å². The standard InChI is InChI=1S/C15H14ClN3O4S/c1-3-9-7(2)24-15(12(9)13(17)20)18-14(21)10-6-8(16)4-5-11(10)19(22)23/h4-6H,3H2,1-2H3,(H2,17,20)(H,18,21). The normalized spacial score (nSPS) is 10.5. The Bertz CT molecular complexity index is 847. The molecule has 2 aromatic rings. The van der Waals surface area contributed by atoms with Crippen molar-refractivity contribution in [3.8, 4) is 0 Å². The second kappa shape index (κ2) is 6.98. The Hall–Kier alpha value is -2.45. The van der Waals surface area contributed by atoms with E-state index >= 15 is 0 Å². The molecule has 0 atom stereocenters. The van der Waals surface area contributed by atoms with Crippen LogP contribution in [0.1, 0.15) is 38.1 Å². The highest BCUT2D eigenvalue weighted by Crippen LogP contribution is 2.34. The van der Waals surface area contributed by atoms with Crippen molar-refractivity contribution in [2.24, 2.45) is 5.73 Å². The molecule has 0 saturated carbocycles. The molecule has 0 radical (unpaired) electrons. The first kappa shape index (κ1) is 17.9. The summed E-state index contributed by atoms with van der Waals surface area (Å²) in [5.74, 6) is -1.39. The van der Waals surface area contributed by atoms with E-state index in [4.69, 9.17) is 17.3 Å². The molecule has 0 spiro atoms. The molecule has 2 rings (SSSR count). The van der Waals surface area contributed by atoms with Gasteiger partial charge in [-0.2, -0.15) is 0 Å². The largest absolute Gasteiger partial charge is 0.365 e. The Balaban J connectivity index is 2.47. The molecule has 0 saturated heterocycles. The van der Waals surface area contributed by atoms with E-state index in [2.05, 4.69) is 5.32 Å². The number of rotatable bonds is 5. The third kappa shape index (κ3) is 3.39. The average molecular weight is 368 g/mol. The Morgan fingerprint density at radius 1 is 1.42 bits per heavy atom. The number of primary amides is 1. The van der Waals surface area contributed by atoms with Crippen molar-refractivity contribution in [1.82, 2.24) is 0 Å². The van der Waals surface area contributed by atoms with Crippen LogP contribution in [0.2, 0.25) is 5.02 Å². The minimum atomic E-state index is -0.726. The summed E-state index contributed by atoms with van der Waals surface area (Å²) in [6.07, 6.45) is 0.577. The van der Waals surface area contributed by atoms with Crippen molar-refractivity contribution in [2.75, 3.05) is 5.32 Å². The third-order valence-corrected chi connectivity index (χ3v) is 4.73. The summed E-state index contributed by atoms with van der Waals surface area (Å²) < 4.78 is 0. The van der Waals surface area contributed by atoms with Gasteiger partial charge in [-0.25, -0.2) is 0 Å². The number of hydrogen-bond acceptors (Lipinski definition) is 5. The average Bonchev–Trinajstić information content (AvgIpc) is 2.82. The molecule has 0 fully saturated rings. The van der Waals surface area contributed by atoms with Gasteiger partial charge in [0.2, 0.25) is 0 Å². The lowest BCUT2D eigenvalue weighted by molar-refractivity contribution is -0.385. The number of carbonyl (C=O) groups excluding carboxylic acids is 2. The van der Waals surface area contributed by atoms with E-state index in [1.807, 2.05) is 13.8 Å². The molecule has 7 nitrogen and oxygen atoms in total. The Kier molecular flexibility index (Phi) is 5.20. The quantitative estimate of drug-likeness (QED) is 0.621.